The van der Waals surface area contributed by atoms with Gasteiger partial charge in [-0.25, -0.2) is 8.42 Å². The van der Waals surface area contributed by atoms with Crippen LogP contribution in [0.25, 0.3) is 0 Å². The van der Waals surface area contributed by atoms with Gasteiger partial charge in [0.15, 0.2) is 0 Å². The second-order valence-electron chi connectivity index (χ2n) is 10.6. The smallest absolute Gasteiger partial charge is 0.264 e. The highest BCUT2D eigenvalue weighted by molar-refractivity contribution is 7.98. The first-order chi connectivity index (χ1) is 19.8. The van der Waals surface area contributed by atoms with Crippen LogP contribution in [0.5, 0.6) is 5.75 Å². The number of hydrogen-bond acceptors (Lipinski definition) is 6. The molecule has 3 aromatic rings. The summed E-state index contributed by atoms with van der Waals surface area (Å²) in [4.78, 5) is 29.7. The van der Waals surface area contributed by atoms with Crippen LogP contribution in [0.3, 0.4) is 0 Å². The SMILES string of the molecule is CCOc1ccccc1N(CC(=O)N(Cc1ccccc1Cl)C(C)C(=O)NC(C)(C)C)S(=O)(=O)c1ccc(SC)cc1. The molecular formula is C31H38ClN3O5S2. The third-order valence-electron chi connectivity index (χ3n) is 6.32. The molecule has 0 fully saturated rings. The molecule has 2 amide bonds. The highest BCUT2D eigenvalue weighted by Crippen LogP contribution is 2.33. The molecule has 0 aliphatic carbocycles. The van der Waals surface area contributed by atoms with Gasteiger partial charge >= 0.3 is 0 Å². The lowest BCUT2D eigenvalue weighted by molar-refractivity contribution is -0.140. The summed E-state index contributed by atoms with van der Waals surface area (Å²) < 4.78 is 35.1. The predicted octanol–water partition coefficient (Wildman–Crippen LogP) is 5.99. The zero-order chi connectivity index (χ0) is 31.1. The number of ether oxygens (including phenoxy) is 1. The minimum atomic E-state index is -4.23. The summed E-state index contributed by atoms with van der Waals surface area (Å²) in [6.07, 6.45) is 1.90. The Morgan fingerprint density at radius 1 is 1.00 bits per heavy atom. The number of carbonyl (C=O) groups is 2. The Kier molecular flexibility index (Phi) is 11.3. The molecule has 1 N–H and O–H groups in total. The lowest BCUT2D eigenvalue weighted by atomic mass is 10.1. The number of amides is 2. The lowest BCUT2D eigenvalue weighted by Gasteiger charge is -2.34. The molecule has 42 heavy (non-hydrogen) atoms. The number of hydrogen-bond donors (Lipinski definition) is 1. The Bertz CT molecular complexity index is 1490. The zero-order valence-corrected chi connectivity index (χ0v) is 27.1. The van der Waals surface area contributed by atoms with E-state index in [1.54, 1.807) is 74.5 Å². The molecule has 0 aromatic heterocycles. The molecular weight excluding hydrogens is 594 g/mol. The maximum absolute atomic E-state index is 14.2. The van der Waals surface area contributed by atoms with Gasteiger partial charge in [0.25, 0.3) is 10.0 Å². The summed E-state index contributed by atoms with van der Waals surface area (Å²) in [5.74, 6) is -0.643. The van der Waals surface area contributed by atoms with Gasteiger partial charge in [-0.05, 0) is 88.9 Å². The van der Waals surface area contributed by atoms with Crippen LogP contribution in [-0.2, 0) is 26.2 Å². The molecule has 0 aliphatic rings. The molecule has 1 unspecified atom stereocenters. The number of halogens is 1. The van der Waals surface area contributed by atoms with Gasteiger partial charge in [0.05, 0.1) is 17.2 Å². The Balaban J connectivity index is 2.10. The van der Waals surface area contributed by atoms with E-state index >= 15 is 0 Å². The average Bonchev–Trinajstić information content (AvgIpc) is 2.94. The van der Waals surface area contributed by atoms with Gasteiger partial charge in [0, 0.05) is 22.0 Å². The van der Waals surface area contributed by atoms with Crippen molar-refractivity contribution in [2.24, 2.45) is 0 Å². The third-order valence-corrected chi connectivity index (χ3v) is 9.21. The fraction of sp³-hybridized carbons (Fsp3) is 0.355. The number of thioether (sulfide) groups is 1. The summed E-state index contributed by atoms with van der Waals surface area (Å²) in [5.41, 5.74) is 0.296. The largest absolute Gasteiger partial charge is 0.492 e. The quantitative estimate of drug-likeness (QED) is 0.247. The molecule has 0 saturated heterocycles. The van der Waals surface area contributed by atoms with Crippen LogP contribution in [-0.4, -0.2) is 56.1 Å². The van der Waals surface area contributed by atoms with Crippen molar-refractivity contribution in [3.8, 4) is 5.75 Å². The highest BCUT2D eigenvalue weighted by Gasteiger charge is 2.34. The summed E-state index contributed by atoms with van der Waals surface area (Å²) in [6.45, 7) is 8.67. The summed E-state index contributed by atoms with van der Waals surface area (Å²) in [6, 6.07) is 19.2. The summed E-state index contributed by atoms with van der Waals surface area (Å²) in [7, 11) is -4.23. The standard InChI is InChI=1S/C31H38ClN3O5S2/c1-7-40-28-15-11-10-14-27(28)35(42(38,39)25-18-16-24(41-6)17-19-25)21-29(36)34(20-23-12-8-9-13-26(23)32)22(2)30(37)33-31(3,4)5/h8-19,22H,7,20-21H2,1-6H3,(H,33,37). The van der Waals surface area contributed by atoms with E-state index in [0.717, 1.165) is 9.20 Å². The number of sulfonamides is 1. The average molecular weight is 632 g/mol. The van der Waals surface area contributed by atoms with Gasteiger partial charge in [-0.15, -0.1) is 11.8 Å². The number of nitrogens with one attached hydrogen (secondary N) is 1. The molecule has 0 saturated carbocycles. The number of nitrogens with zero attached hydrogens (tertiary/aromatic N) is 2. The van der Waals surface area contributed by atoms with Crippen LogP contribution in [0, 0.1) is 0 Å². The number of rotatable bonds is 12. The van der Waals surface area contributed by atoms with Crippen molar-refractivity contribution in [2.75, 3.05) is 23.7 Å². The van der Waals surface area contributed by atoms with E-state index < -0.39 is 34.1 Å². The van der Waals surface area contributed by atoms with E-state index in [0.29, 0.717) is 22.9 Å². The number of benzene rings is 3. The van der Waals surface area contributed by atoms with Gasteiger partial charge in [-0.3, -0.25) is 13.9 Å². The monoisotopic (exact) mass is 631 g/mol. The van der Waals surface area contributed by atoms with E-state index in [9.17, 15) is 18.0 Å². The van der Waals surface area contributed by atoms with E-state index in [2.05, 4.69) is 5.32 Å². The molecule has 8 nitrogen and oxygen atoms in total. The molecule has 3 aromatic carbocycles. The molecule has 0 heterocycles. The number of carbonyl (C=O) groups excluding carboxylic acids is 2. The van der Waals surface area contributed by atoms with Crippen LogP contribution in [0.2, 0.25) is 5.02 Å². The number of para-hydroxylation sites is 2. The first-order valence-corrected chi connectivity index (χ1v) is 16.6. The minimum Gasteiger partial charge on any atom is -0.492 e. The normalized spacial score (nSPS) is 12.4. The highest BCUT2D eigenvalue weighted by atomic mass is 35.5. The van der Waals surface area contributed by atoms with Gasteiger partial charge in [-0.2, -0.15) is 0 Å². The predicted molar refractivity (Wildman–Crippen MR) is 170 cm³/mol. The number of anilines is 1. The van der Waals surface area contributed by atoms with Crippen molar-refractivity contribution in [1.29, 1.82) is 0 Å². The van der Waals surface area contributed by atoms with E-state index in [1.165, 1.54) is 28.8 Å². The maximum Gasteiger partial charge on any atom is 0.264 e. The summed E-state index contributed by atoms with van der Waals surface area (Å²) in [5, 5.41) is 3.34. The molecule has 1 atom stereocenters. The van der Waals surface area contributed by atoms with Crippen LogP contribution in [0.4, 0.5) is 5.69 Å². The van der Waals surface area contributed by atoms with Crippen LogP contribution in [0.1, 0.15) is 40.2 Å². The molecule has 0 spiro atoms. The fourth-order valence-electron chi connectivity index (χ4n) is 4.20. The molecule has 3 rings (SSSR count). The summed E-state index contributed by atoms with van der Waals surface area (Å²) >= 11 is 7.93. The second kappa shape index (κ2) is 14.3. The molecule has 226 valence electrons. The lowest BCUT2D eigenvalue weighted by Crippen LogP contribution is -2.54. The Hall–Kier alpha value is -3.21. The molecule has 0 aliphatic heterocycles. The first-order valence-electron chi connectivity index (χ1n) is 13.5. The van der Waals surface area contributed by atoms with E-state index in [-0.39, 0.29) is 23.0 Å². The Morgan fingerprint density at radius 3 is 2.21 bits per heavy atom. The second-order valence-corrected chi connectivity index (χ2v) is 13.8. The van der Waals surface area contributed by atoms with Crippen molar-refractivity contribution in [2.45, 2.75) is 62.5 Å². The van der Waals surface area contributed by atoms with Crippen molar-refractivity contribution >= 4 is 50.9 Å². The van der Waals surface area contributed by atoms with Crippen molar-refractivity contribution in [3.63, 3.8) is 0 Å². The fourth-order valence-corrected chi connectivity index (χ4v) is 6.22. The topological polar surface area (TPSA) is 96.0 Å². The zero-order valence-electron chi connectivity index (χ0n) is 24.8. The van der Waals surface area contributed by atoms with Crippen molar-refractivity contribution in [3.05, 3.63) is 83.4 Å². The van der Waals surface area contributed by atoms with Crippen molar-refractivity contribution < 1.29 is 22.7 Å². The Labute approximate surface area is 258 Å². The van der Waals surface area contributed by atoms with E-state index in [1.807, 2.05) is 27.0 Å². The van der Waals surface area contributed by atoms with Crippen LogP contribution < -0.4 is 14.4 Å². The van der Waals surface area contributed by atoms with Crippen molar-refractivity contribution in [1.82, 2.24) is 10.2 Å². The maximum atomic E-state index is 14.2. The van der Waals surface area contributed by atoms with E-state index in [4.69, 9.17) is 16.3 Å². The van der Waals surface area contributed by atoms with Crippen LogP contribution >= 0.6 is 23.4 Å². The van der Waals surface area contributed by atoms with Gasteiger partial charge in [0.1, 0.15) is 18.3 Å². The van der Waals surface area contributed by atoms with Gasteiger partial charge in [0.2, 0.25) is 11.8 Å². The minimum absolute atomic E-state index is 0.000646. The third kappa shape index (κ3) is 8.42. The van der Waals surface area contributed by atoms with Gasteiger partial charge < -0.3 is 15.0 Å². The van der Waals surface area contributed by atoms with Crippen LogP contribution in [0.15, 0.2) is 82.6 Å². The van der Waals surface area contributed by atoms with Gasteiger partial charge in [-0.1, -0.05) is 41.9 Å². The molecule has 0 radical (unpaired) electrons. The Morgan fingerprint density at radius 2 is 1.62 bits per heavy atom. The molecule has 11 heteroatoms. The molecule has 0 bridgehead atoms. The first kappa shape index (κ1) is 33.3.